The van der Waals surface area contributed by atoms with Crippen molar-refractivity contribution in [2.75, 3.05) is 24.6 Å². The molecule has 8 nitrogen and oxygen atoms in total. The second-order valence-electron chi connectivity index (χ2n) is 11.2. The van der Waals surface area contributed by atoms with Crippen molar-refractivity contribution in [3.8, 4) is 22.7 Å². The number of halogens is 1. The minimum absolute atomic E-state index is 0.117. The Bertz CT molecular complexity index is 1590. The van der Waals surface area contributed by atoms with Gasteiger partial charge in [0, 0.05) is 49.0 Å². The van der Waals surface area contributed by atoms with Crippen molar-refractivity contribution in [1.82, 2.24) is 24.2 Å². The van der Waals surface area contributed by atoms with Gasteiger partial charge in [0.25, 0.3) is 0 Å². The molecule has 1 aliphatic rings. The molecule has 0 amide bonds. The quantitative estimate of drug-likeness (QED) is 0.312. The molecule has 208 valence electrons. The van der Waals surface area contributed by atoms with Crippen LogP contribution in [0.5, 0.6) is 5.75 Å². The van der Waals surface area contributed by atoms with E-state index in [2.05, 4.69) is 36.1 Å². The summed E-state index contributed by atoms with van der Waals surface area (Å²) < 4.78 is 48.0. The van der Waals surface area contributed by atoms with Crippen molar-refractivity contribution in [2.45, 2.75) is 52.2 Å². The van der Waals surface area contributed by atoms with Crippen LogP contribution in [-0.4, -0.2) is 68.9 Å². The third-order valence-electron chi connectivity index (χ3n) is 7.50. The molecule has 0 aliphatic carbocycles. The summed E-state index contributed by atoms with van der Waals surface area (Å²) in [6.07, 6.45) is 7.39. The predicted octanol–water partition coefficient (Wildman–Crippen LogP) is 4.79. The SMILES string of the molecule is CC(C)Oc1ccc(-c2ccc3c(CCC(C)(C)N4CCS(=O)(=O)CC4)cn(-c4cnn(C)c4)c3n2)cc1F. The van der Waals surface area contributed by atoms with Gasteiger partial charge in [0.2, 0.25) is 0 Å². The molecule has 1 aromatic carbocycles. The molecule has 0 spiro atoms. The number of ether oxygens (including phenoxy) is 1. The van der Waals surface area contributed by atoms with Crippen molar-refractivity contribution in [3.63, 3.8) is 0 Å². The van der Waals surface area contributed by atoms with Crippen LogP contribution < -0.4 is 4.74 Å². The fraction of sp³-hybridized carbons (Fsp3) is 0.448. The van der Waals surface area contributed by atoms with Crippen LogP contribution in [0, 0.1) is 5.82 Å². The minimum Gasteiger partial charge on any atom is -0.488 e. The van der Waals surface area contributed by atoms with Crippen molar-refractivity contribution in [1.29, 1.82) is 0 Å². The van der Waals surface area contributed by atoms with Gasteiger partial charge in [0.05, 0.1) is 35.2 Å². The molecule has 5 rings (SSSR count). The highest BCUT2D eigenvalue weighted by Crippen LogP contribution is 2.32. The third-order valence-corrected chi connectivity index (χ3v) is 9.11. The molecular formula is C29H36FN5O3S. The normalized spacial score (nSPS) is 16.3. The van der Waals surface area contributed by atoms with E-state index in [-0.39, 0.29) is 28.9 Å². The first-order valence-electron chi connectivity index (χ1n) is 13.3. The van der Waals surface area contributed by atoms with Crippen LogP contribution in [0.1, 0.15) is 39.7 Å². The van der Waals surface area contributed by atoms with Crippen LogP contribution in [0.3, 0.4) is 0 Å². The molecule has 0 saturated carbocycles. The molecule has 1 fully saturated rings. The van der Waals surface area contributed by atoms with E-state index in [9.17, 15) is 12.8 Å². The largest absolute Gasteiger partial charge is 0.488 e. The first-order chi connectivity index (χ1) is 18.4. The van der Waals surface area contributed by atoms with Crippen molar-refractivity contribution in [3.05, 3.63) is 60.3 Å². The lowest BCUT2D eigenvalue weighted by atomic mass is 9.93. The number of fused-ring (bicyclic) bond motifs is 1. The maximum atomic E-state index is 14.8. The summed E-state index contributed by atoms with van der Waals surface area (Å²) in [6, 6.07) is 8.92. The molecule has 1 aliphatic heterocycles. The Kier molecular flexibility index (Phi) is 7.28. The summed E-state index contributed by atoms with van der Waals surface area (Å²) in [6.45, 7) is 9.23. The lowest BCUT2D eigenvalue weighted by Gasteiger charge is -2.41. The molecule has 10 heteroatoms. The molecule has 0 bridgehead atoms. The van der Waals surface area contributed by atoms with Crippen LogP contribution in [0.15, 0.2) is 48.9 Å². The van der Waals surface area contributed by atoms with E-state index in [0.717, 1.165) is 35.1 Å². The Morgan fingerprint density at radius 2 is 1.85 bits per heavy atom. The van der Waals surface area contributed by atoms with Gasteiger partial charge in [0.15, 0.2) is 21.4 Å². The molecule has 39 heavy (non-hydrogen) atoms. The number of aryl methyl sites for hydroxylation is 2. The minimum atomic E-state index is -2.93. The summed E-state index contributed by atoms with van der Waals surface area (Å²) in [7, 11) is -1.05. The van der Waals surface area contributed by atoms with E-state index in [1.807, 2.05) is 43.8 Å². The third kappa shape index (κ3) is 5.86. The van der Waals surface area contributed by atoms with Crippen LogP contribution in [-0.2, 0) is 23.3 Å². The molecule has 3 aromatic heterocycles. The highest BCUT2D eigenvalue weighted by Gasteiger charge is 2.32. The van der Waals surface area contributed by atoms with Crippen LogP contribution in [0.2, 0.25) is 0 Å². The van der Waals surface area contributed by atoms with Crippen LogP contribution >= 0.6 is 0 Å². The fourth-order valence-electron chi connectivity index (χ4n) is 5.18. The fourth-order valence-corrected chi connectivity index (χ4v) is 6.39. The van der Waals surface area contributed by atoms with Gasteiger partial charge in [-0.3, -0.25) is 14.1 Å². The highest BCUT2D eigenvalue weighted by atomic mass is 32.2. The molecule has 4 aromatic rings. The number of hydrogen-bond donors (Lipinski definition) is 0. The van der Waals surface area contributed by atoms with Gasteiger partial charge >= 0.3 is 0 Å². The lowest BCUT2D eigenvalue weighted by molar-refractivity contribution is 0.123. The molecule has 0 N–H and O–H groups in total. The van der Waals surface area contributed by atoms with Gasteiger partial charge in [-0.05, 0) is 76.4 Å². The monoisotopic (exact) mass is 553 g/mol. The van der Waals surface area contributed by atoms with E-state index >= 15 is 0 Å². The van der Waals surface area contributed by atoms with E-state index in [0.29, 0.717) is 24.3 Å². The number of nitrogens with zero attached hydrogens (tertiary/aromatic N) is 5. The molecule has 0 atom stereocenters. The molecule has 1 saturated heterocycles. The average molecular weight is 554 g/mol. The number of benzene rings is 1. The predicted molar refractivity (Wildman–Crippen MR) is 152 cm³/mol. The smallest absolute Gasteiger partial charge is 0.165 e. The Morgan fingerprint density at radius 3 is 2.49 bits per heavy atom. The summed E-state index contributed by atoms with van der Waals surface area (Å²) in [5.41, 5.74) is 4.02. The second kappa shape index (κ2) is 10.4. The maximum Gasteiger partial charge on any atom is 0.165 e. The summed E-state index contributed by atoms with van der Waals surface area (Å²) in [5, 5.41) is 5.37. The maximum absolute atomic E-state index is 14.8. The lowest BCUT2D eigenvalue weighted by Crippen LogP contribution is -2.51. The molecular weight excluding hydrogens is 517 g/mol. The van der Waals surface area contributed by atoms with Crippen molar-refractivity contribution in [2.24, 2.45) is 7.05 Å². The molecule has 0 unspecified atom stereocenters. The number of pyridine rings is 1. The Morgan fingerprint density at radius 1 is 1.10 bits per heavy atom. The van der Waals surface area contributed by atoms with E-state index in [1.165, 1.54) is 6.07 Å². The van der Waals surface area contributed by atoms with Gasteiger partial charge in [0.1, 0.15) is 5.65 Å². The van der Waals surface area contributed by atoms with Gasteiger partial charge in [-0.1, -0.05) is 0 Å². The topological polar surface area (TPSA) is 82.3 Å². The first kappa shape index (κ1) is 27.3. The molecule has 4 heterocycles. The number of sulfone groups is 1. The number of hydrogen-bond acceptors (Lipinski definition) is 6. The van der Waals surface area contributed by atoms with Gasteiger partial charge in [-0.2, -0.15) is 5.10 Å². The average Bonchev–Trinajstić information content (AvgIpc) is 3.46. The van der Waals surface area contributed by atoms with E-state index in [4.69, 9.17) is 9.72 Å². The van der Waals surface area contributed by atoms with Crippen molar-refractivity contribution >= 4 is 20.9 Å². The van der Waals surface area contributed by atoms with Gasteiger partial charge in [-0.25, -0.2) is 17.8 Å². The summed E-state index contributed by atoms with van der Waals surface area (Å²) in [5.74, 6) is 0.243. The zero-order valence-electron chi connectivity index (χ0n) is 23.2. The Balaban J connectivity index is 1.47. The van der Waals surface area contributed by atoms with Crippen LogP contribution in [0.4, 0.5) is 4.39 Å². The van der Waals surface area contributed by atoms with E-state index in [1.54, 1.807) is 16.9 Å². The summed E-state index contributed by atoms with van der Waals surface area (Å²) in [4.78, 5) is 7.26. The van der Waals surface area contributed by atoms with Gasteiger partial charge < -0.3 is 4.74 Å². The van der Waals surface area contributed by atoms with Gasteiger partial charge in [-0.15, -0.1) is 0 Å². The van der Waals surface area contributed by atoms with Crippen molar-refractivity contribution < 1.29 is 17.5 Å². The number of rotatable bonds is 8. The standard InChI is InChI=1S/C29H36FN5O3S/c1-20(2)38-27-9-6-21(16-25(27)30)26-8-7-24-22(18-35(28(24)32-26)23-17-31-33(5)19-23)10-11-29(3,4)34-12-14-39(36,37)15-13-34/h6-9,16-20H,10-15H2,1-5H3. The zero-order chi connectivity index (χ0) is 27.9. The highest BCUT2D eigenvalue weighted by molar-refractivity contribution is 7.91. The van der Waals surface area contributed by atoms with E-state index < -0.39 is 15.7 Å². The molecule has 0 radical (unpaired) electrons. The first-order valence-corrected chi connectivity index (χ1v) is 15.2. The number of aromatic nitrogens is 4. The second-order valence-corrected chi connectivity index (χ2v) is 13.5. The Labute approximate surface area is 229 Å². The Hall–Kier alpha value is -3.24. The van der Waals surface area contributed by atoms with Crippen LogP contribution in [0.25, 0.3) is 28.0 Å². The zero-order valence-corrected chi connectivity index (χ0v) is 24.0. The summed E-state index contributed by atoms with van der Waals surface area (Å²) >= 11 is 0.